The maximum absolute atomic E-state index is 13.3. The van der Waals surface area contributed by atoms with Gasteiger partial charge in [-0.1, -0.05) is 12.1 Å². The quantitative estimate of drug-likeness (QED) is 0.664. The van der Waals surface area contributed by atoms with Crippen molar-refractivity contribution >= 4 is 17.3 Å². The fraction of sp³-hybridized carbons (Fsp3) is 0.240. The molecule has 5 rings (SSSR count). The standard InChI is InChI=1S/C25H19FO7/c1-10-21(30)20-23(33-17-9-15(29)18(11(2)27)24(31)25(17,20)3)19-14(28)8-16(32-22(10)19)12-4-6-13(26)7-5-12/h4-7,9,16,29-30H,8H2,1-3H3/t16?,25-/m1/s1. The van der Waals surface area contributed by atoms with Crippen molar-refractivity contribution in [3.05, 3.63) is 75.5 Å². The number of phenols is 1. The summed E-state index contributed by atoms with van der Waals surface area (Å²) >= 11 is 0. The van der Waals surface area contributed by atoms with Gasteiger partial charge in [0.2, 0.25) is 0 Å². The summed E-state index contributed by atoms with van der Waals surface area (Å²) in [7, 11) is 0. The first-order valence-electron chi connectivity index (χ1n) is 10.3. The minimum absolute atomic E-state index is 0.00144. The van der Waals surface area contributed by atoms with Crippen LogP contribution in [0.25, 0.3) is 0 Å². The van der Waals surface area contributed by atoms with Crippen molar-refractivity contribution in [3.8, 4) is 17.2 Å². The van der Waals surface area contributed by atoms with Gasteiger partial charge in [0, 0.05) is 11.6 Å². The number of phenolic OH excluding ortho intramolecular Hbond substituents is 1. The maximum Gasteiger partial charge on any atom is 0.188 e. The normalized spacial score (nSPS) is 23.3. The highest BCUT2D eigenvalue weighted by molar-refractivity contribution is 6.26. The first-order valence-corrected chi connectivity index (χ1v) is 10.3. The van der Waals surface area contributed by atoms with Gasteiger partial charge in [0.1, 0.15) is 57.2 Å². The molecule has 1 unspecified atom stereocenters. The average molecular weight is 450 g/mol. The van der Waals surface area contributed by atoms with E-state index in [2.05, 4.69) is 0 Å². The molecular formula is C25H19FO7. The number of aliphatic hydroxyl groups excluding tert-OH is 1. The van der Waals surface area contributed by atoms with E-state index in [9.17, 15) is 29.0 Å². The summed E-state index contributed by atoms with van der Waals surface area (Å²) in [6, 6.07) is 5.58. The number of fused-ring (bicyclic) bond motifs is 5. The first-order chi connectivity index (χ1) is 15.6. The summed E-state index contributed by atoms with van der Waals surface area (Å²) in [6.45, 7) is 4.18. The molecule has 8 heteroatoms. The first kappa shape index (κ1) is 20.9. The number of ether oxygens (including phenoxy) is 2. The number of aromatic hydroxyl groups is 1. The lowest BCUT2D eigenvalue weighted by Crippen LogP contribution is -2.38. The van der Waals surface area contributed by atoms with E-state index >= 15 is 0 Å². The van der Waals surface area contributed by atoms with E-state index in [1.165, 1.54) is 31.2 Å². The van der Waals surface area contributed by atoms with E-state index in [1.807, 2.05) is 0 Å². The van der Waals surface area contributed by atoms with Crippen molar-refractivity contribution < 1.29 is 38.5 Å². The Balaban J connectivity index is 1.69. The third kappa shape index (κ3) is 2.70. The third-order valence-electron chi connectivity index (χ3n) is 6.53. The van der Waals surface area contributed by atoms with E-state index < -0.39 is 40.2 Å². The molecule has 0 saturated carbocycles. The topological polar surface area (TPSA) is 110 Å². The Hall–Kier alpha value is -3.94. The Bertz CT molecular complexity index is 1350. The number of halogens is 1. The Morgan fingerprint density at radius 1 is 1.15 bits per heavy atom. The molecular weight excluding hydrogens is 431 g/mol. The van der Waals surface area contributed by atoms with Gasteiger partial charge in [0.15, 0.2) is 17.3 Å². The number of hydrogen-bond acceptors (Lipinski definition) is 7. The molecule has 2 atom stereocenters. The van der Waals surface area contributed by atoms with Gasteiger partial charge in [-0.25, -0.2) is 4.39 Å². The van der Waals surface area contributed by atoms with Crippen molar-refractivity contribution in [2.45, 2.75) is 38.7 Å². The molecule has 0 radical (unpaired) electrons. The van der Waals surface area contributed by atoms with Gasteiger partial charge in [0.05, 0.1) is 12.0 Å². The van der Waals surface area contributed by atoms with Crippen molar-refractivity contribution in [2.24, 2.45) is 0 Å². The number of Topliss-reactive ketones (excluding diaryl/α,β-unsaturated/α-hetero) is 3. The fourth-order valence-electron chi connectivity index (χ4n) is 4.74. The molecule has 2 heterocycles. The number of hydrogen-bond donors (Lipinski definition) is 2. The van der Waals surface area contributed by atoms with Crippen LogP contribution >= 0.6 is 0 Å². The second kappa shape index (κ2) is 6.78. The molecule has 0 spiro atoms. The van der Waals surface area contributed by atoms with Crippen LogP contribution in [0.4, 0.5) is 4.39 Å². The van der Waals surface area contributed by atoms with Gasteiger partial charge in [-0.05, 0) is 38.5 Å². The minimum Gasteiger partial charge on any atom is -0.507 e. The van der Waals surface area contributed by atoms with Crippen LogP contribution in [0.5, 0.6) is 17.2 Å². The number of allylic oxidation sites excluding steroid dienone is 3. The number of benzene rings is 2. The van der Waals surface area contributed by atoms with Crippen LogP contribution in [-0.4, -0.2) is 27.6 Å². The molecule has 3 aliphatic rings. The summed E-state index contributed by atoms with van der Waals surface area (Å²) < 4.78 is 25.2. The van der Waals surface area contributed by atoms with Crippen LogP contribution in [0.15, 0.2) is 47.4 Å². The van der Waals surface area contributed by atoms with Crippen molar-refractivity contribution in [2.75, 3.05) is 0 Å². The molecule has 2 aliphatic heterocycles. The van der Waals surface area contributed by atoms with E-state index in [4.69, 9.17) is 9.47 Å². The van der Waals surface area contributed by atoms with Crippen molar-refractivity contribution in [1.82, 2.24) is 0 Å². The van der Waals surface area contributed by atoms with Gasteiger partial charge in [-0.15, -0.1) is 0 Å². The van der Waals surface area contributed by atoms with Gasteiger partial charge in [-0.2, -0.15) is 0 Å². The lowest BCUT2D eigenvalue weighted by molar-refractivity contribution is -0.123. The SMILES string of the molecule is CC(=O)C1=C(O)C=C2Oc3c4c(c(C)c(O)c3[C@]2(C)C1=O)OC(c1ccc(F)cc1)CC4=O. The van der Waals surface area contributed by atoms with Crippen LogP contribution < -0.4 is 9.47 Å². The van der Waals surface area contributed by atoms with Crippen LogP contribution in [0.1, 0.15) is 53.4 Å². The molecule has 1 aliphatic carbocycles. The molecule has 33 heavy (non-hydrogen) atoms. The predicted molar refractivity (Wildman–Crippen MR) is 113 cm³/mol. The van der Waals surface area contributed by atoms with Gasteiger partial charge in [-0.3, -0.25) is 14.4 Å². The van der Waals surface area contributed by atoms with Crippen LogP contribution in [0.3, 0.4) is 0 Å². The number of carbonyl (C=O) groups is 3. The zero-order chi connectivity index (χ0) is 23.8. The Labute approximate surface area is 187 Å². The molecule has 0 aromatic heterocycles. The van der Waals surface area contributed by atoms with E-state index in [0.717, 1.165) is 13.0 Å². The highest BCUT2D eigenvalue weighted by Gasteiger charge is 2.56. The third-order valence-corrected chi connectivity index (χ3v) is 6.53. The zero-order valence-corrected chi connectivity index (χ0v) is 18.0. The molecule has 0 amide bonds. The monoisotopic (exact) mass is 450 g/mol. The molecule has 0 saturated heterocycles. The molecule has 0 bridgehead atoms. The van der Waals surface area contributed by atoms with E-state index in [0.29, 0.717) is 5.56 Å². The Kier molecular flexibility index (Phi) is 4.30. The highest BCUT2D eigenvalue weighted by Crippen LogP contribution is 2.59. The van der Waals surface area contributed by atoms with Crippen LogP contribution in [-0.2, 0) is 15.0 Å². The summed E-state index contributed by atoms with van der Waals surface area (Å²) in [5.74, 6) is -2.88. The fourth-order valence-corrected chi connectivity index (χ4v) is 4.74. The molecule has 168 valence electrons. The van der Waals surface area contributed by atoms with Gasteiger partial charge in [0.25, 0.3) is 0 Å². The van der Waals surface area contributed by atoms with Crippen LogP contribution in [0.2, 0.25) is 0 Å². The summed E-state index contributed by atoms with van der Waals surface area (Å²) in [5.41, 5.74) is -1.04. The zero-order valence-electron chi connectivity index (χ0n) is 18.0. The molecule has 7 nitrogen and oxygen atoms in total. The second-order valence-corrected chi connectivity index (χ2v) is 8.55. The predicted octanol–water partition coefficient (Wildman–Crippen LogP) is 4.06. The Morgan fingerprint density at radius 3 is 2.45 bits per heavy atom. The van der Waals surface area contributed by atoms with Gasteiger partial charge >= 0.3 is 0 Å². The Morgan fingerprint density at radius 2 is 1.82 bits per heavy atom. The summed E-state index contributed by atoms with van der Waals surface area (Å²) in [4.78, 5) is 38.6. The molecule has 2 N–H and O–H groups in total. The average Bonchev–Trinajstić information content (AvgIpc) is 3.05. The second-order valence-electron chi connectivity index (χ2n) is 8.55. The maximum atomic E-state index is 13.3. The highest BCUT2D eigenvalue weighted by atomic mass is 19.1. The van der Waals surface area contributed by atoms with Crippen molar-refractivity contribution in [1.29, 1.82) is 0 Å². The summed E-state index contributed by atoms with van der Waals surface area (Å²) in [5, 5.41) is 21.3. The largest absolute Gasteiger partial charge is 0.507 e. The van der Waals surface area contributed by atoms with Gasteiger partial charge < -0.3 is 19.7 Å². The van der Waals surface area contributed by atoms with Crippen molar-refractivity contribution in [3.63, 3.8) is 0 Å². The van der Waals surface area contributed by atoms with Crippen LogP contribution in [0, 0.1) is 12.7 Å². The number of ketones is 3. The lowest BCUT2D eigenvalue weighted by atomic mass is 9.70. The smallest absolute Gasteiger partial charge is 0.188 e. The number of aliphatic hydroxyl groups is 1. The van der Waals surface area contributed by atoms with E-state index in [1.54, 1.807) is 6.92 Å². The molecule has 2 aromatic carbocycles. The minimum atomic E-state index is -1.60. The lowest BCUT2D eigenvalue weighted by Gasteiger charge is -2.30. The number of carbonyl (C=O) groups excluding carboxylic acids is 3. The summed E-state index contributed by atoms with van der Waals surface area (Å²) in [6.07, 6.45) is 0.399. The molecule has 0 fully saturated rings. The number of rotatable bonds is 2. The van der Waals surface area contributed by atoms with E-state index in [-0.39, 0.29) is 51.9 Å². The molecule has 2 aromatic rings.